The zero-order chi connectivity index (χ0) is 19.6. The van der Waals surface area contributed by atoms with Gasteiger partial charge in [-0.1, -0.05) is 23.7 Å². The van der Waals surface area contributed by atoms with E-state index in [4.69, 9.17) is 21.9 Å². The van der Waals surface area contributed by atoms with Gasteiger partial charge in [0.1, 0.15) is 0 Å². The topological polar surface area (TPSA) is 122 Å². The number of nitrogens with zero attached hydrogens (tertiary/aromatic N) is 3. The van der Waals surface area contributed by atoms with Gasteiger partial charge in [0, 0.05) is 10.6 Å². The first-order chi connectivity index (χ1) is 12.8. The first kappa shape index (κ1) is 19.1. The van der Waals surface area contributed by atoms with Crippen LogP contribution in [0, 0.1) is 0 Å². The van der Waals surface area contributed by atoms with Gasteiger partial charge in [0.15, 0.2) is 11.1 Å². The molecule has 3 rings (SSSR count). The minimum absolute atomic E-state index is 0.193. The highest BCUT2D eigenvalue weighted by Gasteiger charge is 2.15. The highest BCUT2D eigenvalue weighted by atomic mass is 35.5. The summed E-state index contributed by atoms with van der Waals surface area (Å²) in [4.78, 5) is 11.3. The van der Waals surface area contributed by atoms with E-state index >= 15 is 0 Å². The van der Waals surface area contributed by atoms with Gasteiger partial charge in [-0.15, -0.1) is 0 Å². The quantitative estimate of drug-likeness (QED) is 0.341. The fourth-order valence-electron chi connectivity index (χ4n) is 2.47. The maximum absolute atomic E-state index is 11.2. The summed E-state index contributed by atoms with van der Waals surface area (Å²) in [6.07, 6.45) is 0. The zero-order valence-corrected chi connectivity index (χ0v) is 15.4. The fraction of sp³-hybridized carbons (Fsp3) is 0.0588. The Kier molecular flexibility index (Phi) is 5.57. The lowest BCUT2D eigenvalue weighted by Gasteiger charge is -2.09. The van der Waals surface area contributed by atoms with Gasteiger partial charge < -0.3 is 10.3 Å². The van der Waals surface area contributed by atoms with Crippen molar-refractivity contribution >= 4 is 28.7 Å². The van der Waals surface area contributed by atoms with Gasteiger partial charge in [-0.25, -0.2) is 18.7 Å². The summed E-state index contributed by atoms with van der Waals surface area (Å²) in [6.45, 7) is -0.193. The van der Waals surface area contributed by atoms with Crippen molar-refractivity contribution in [3.63, 3.8) is 0 Å². The Hall–Kier alpha value is -2.72. The summed E-state index contributed by atoms with van der Waals surface area (Å²) < 4.78 is 21.9. The van der Waals surface area contributed by atoms with E-state index in [-0.39, 0.29) is 11.4 Å². The standard InChI is InChI=1S/C17H15ClN4O4S/c18-12-3-1-11(2-4-12)16-9-13(10-21(24)17(19)23)20-22(16)14-5-7-15(8-6-14)27(25)26/h1-9,24H,10H2,(H2,19,23)(H,25,26). The molecule has 0 fully saturated rings. The van der Waals surface area contributed by atoms with Crippen molar-refractivity contribution in [3.8, 4) is 16.9 Å². The van der Waals surface area contributed by atoms with Crippen LogP contribution < -0.4 is 5.73 Å². The van der Waals surface area contributed by atoms with Crippen molar-refractivity contribution < 1.29 is 18.8 Å². The molecule has 1 aromatic heterocycles. The van der Waals surface area contributed by atoms with Crippen LogP contribution in [0.1, 0.15) is 5.69 Å². The summed E-state index contributed by atoms with van der Waals surface area (Å²) >= 11 is 3.86. The van der Waals surface area contributed by atoms with Gasteiger partial charge >= 0.3 is 6.03 Å². The monoisotopic (exact) mass is 406 g/mol. The molecule has 1 unspecified atom stereocenters. The smallest absolute Gasteiger partial charge is 0.338 e. The number of aromatic nitrogens is 2. The molecule has 2 amide bonds. The number of rotatable bonds is 5. The first-order valence-electron chi connectivity index (χ1n) is 7.67. The van der Waals surface area contributed by atoms with Gasteiger partial charge in [0.2, 0.25) is 0 Å². The van der Waals surface area contributed by atoms with Crippen LogP contribution in [-0.4, -0.2) is 34.8 Å². The molecule has 1 atom stereocenters. The van der Waals surface area contributed by atoms with Gasteiger partial charge in [-0.3, -0.25) is 5.21 Å². The van der Waals surface area contributed by atoms with Crippen LogP contribution in [0.25, 0.3) is 16.9 Å². The molecule has 2 aromatic carbocycles. The van der Waals surface area contributed by atoms with Crippen LogP contribution in [0.3, 0.4) is 0 Å². The first-order valence-corrected chi connectivity index (χ1v) is 9.15. The lowest BCUT2D eigenvalue weighted by Crippen LogP contribution is -2.32. The third kappa shape index (κ3) is 4.34. The summed E-state index contributed by atoms with van der Waals surface area (Å²) in [5, 5.41) is 14.9. The van der Waals surface area contributed by atoms with Gasteiger partial charge in [-0.2, -0.15) is 5.10 Å². The van der Waals surface area contributed by atoms with E-state index in [1.165, 1.54) is 12.1 Å². The van der Waals surface area contributed by atoms with Crippen LogP contribution in [0.2, 0.25) is 5.02 Å². The molecule has 27 heavy (non-hydrogen) atoms. The van der Waals surface area contributed by atoms with E-state index < -0.39 is 17.1 Å². The largest absolute Gasteiger partial charge is 0.350 e. The Morgan fingerprint density at radius 2 is 1.81 bits per heavy atom. The number of primary amides is 1. The summed E-state index contributed by atoms with van der Waals surface area (Å²) in [7, 11) is 0. The Balaban J connectivity index is 2.06. The predicted molar refractivity (Wildman–Crippen MR) is 100.0 cm³/mol. The molecular weight excluding hydrogens is 392 g/mol. The number of amides is 2. The van der Waals surface area contributed by atoms with Crippen LogP contribution in [0.15, 0.2) is 59.5 Å². The van der Waals surface area contributed by atoms with Crippen molar-refractivity contribution in [2.75, 3.05) is 0 Å². The van der Waals surface area contributed by atoms with Crippen molar-refractivity contribution in [1.29, 1.82) is 0 Å². The van der Waals surface area contributed by atoms with Crippen LogP contribution in [0.4, 0.5) is 4.79 Å². The van der Waals surface area contributed by atoms with Crippen LogP contribution in [0.5, 0.6) is 0 Å². The number of carbonyl (C=O) groups excluding carboxylic acids is 1. The molecule has 0 aliphatic carbocycles. The van der Waals surface area contributed by atoms with Crippen LogP contribution in [-0.2, 0) is 17.6 Å². The molecule has 0 aliphatic heterocycles. The van der Waals surface area contributed by atoms with Crippen molar-refractivity contribution in [2.45, 2.75) is 11.4 Å². The number of hydrogen-bond donors (Lipinski definition) is 3. The van der Waals surface area contributed by atoms with E-state index in [1.54, 1.807) is 35.0 Å². The van der Waals surface area contributed by atoms with E-state index in [0.717, 1.165) is 5.56 Å². The van der Waals surface area contributed by atoms with Gasteiger partial charge in [0.25, 0.3) is 0 Å². The normalized spacial score (nSPS) is 12.0. The number of carbonyl (C=O) groups is 1. The van der Waals surface area contributed by atoms with Crippen molar-refractivity contribution in [1.82, 2.24) is 14.8 Å². The predicted octanol–water partition coefficient (Wildman–Crippen LogP) is 3.04. The van der Waals surface area contributed by atoms with E-state index in [2.05, 4.69) is 5.10 Å². The fourth-order valence-corrected chi connectivity index (χ4v) is 2.96. The molecule has 3 aromatic rings. The molecule has 0 bridgehead atoms. The van der Waals surface area contributed by atoms with Gasteiger partial charge in [0.05, 0.1) is 28.5 Å². The zero-order valence-electron chi connectivity index (χ0n) is 13.8. The minimum Gasteiger partial charge on any atom is -0.350 e. The Morgan fingerprint density at radius 3 is 2.37 bits per heavy atom. The SMILES string of the molecule is NC(=O)N(O)Cc1cc(-c2ccc(Cl)cc2)n(-c2ccc(S(=O)O)cc2)n1. The van der Waals surface area contributed by atoms with E-state index in [9.17, 15) is 14.2 Å². The molecule has 0 spiro atoms. The molecule has 0 saturated heterocycles. The average molecular weight is 407 g/mol. The number of hydroxylamine groups is 2. The second-order valence-electron chi connectivity index (χ2n) is 5.58. The average Bonchev–Trinajstić information content (AvgIpc) is 3.06. The summed E-state index contributed by atoms with van der Waals surface area (Å²) in [6, 6.07) is 14.1. The third-order valence-corrected chi connectivity index (χ3v) is 4.68. The molecule has 1 heterocycles. The highest BCUT2D eigenvalue weighted by molar-refractivity contribution is 7.79. The molecule has 0 radical (unpaired) electrons. The maximum Gasteiger partial charge on any atom is 0.338 e. The van der Waals surface area contributed by atoms with E-state index in [1.807, 2.05) is 12.1 Å². The molecule has 0 aliphatic rings. The Bertz CT molecular complexity index is 989. The third-order valence-electron chi connectivity index (χ3n) is 3.75. The van der Waals surface area contributed by atoms with E-state index in [0.29, 0.717) is 27.2 Å². The second-order valence-corrected chi connectivity index (χ2v) is 6.98. The van der Waals surface area contributed by atoms with Gasteiger partial charge in [-0.05, 0) is 42.5 Å². The number of halogens is 1. The number of urea groups is 1. The molecule has 140 valence electrons. The number of nitrogens with two attached hydrogens (primary N) is 1. The molecule has 4 N–H and O–H groups in total. The highest BCUT2D eigenvalue weighted by Crippen LogP contribution is 2.26. The lowest BCUT2D eigenvalue weighted by atomic mass is 10.1. The summed E-state index contributed by atoms with van der Waals surface area (Å²) in [5.74, 6) is 0. The molecule has 10 heteroatoms. The molecule has 8 nitrogen and oxygen atoms in total. The van der Waals surface area contributed by atoms with Crippen molar-refractivity contribution in [2.24, 2.45) is 5.73 Å². The summed E-state index contributed by atoms with van der Waals surface area (Å²) in [5.41, 5.74) is 7.56. The van der Waals surface area contributed by atoms with Crippen LogP contribution >= 0.6 is 11.6 Å². The number of hydrogen-bond acceptors (Lipinski definition) is 4. The Labute approximate surface area is 162 Å². The minimum atomic E-state index is -2.08. The number of benzene rings is 2. The maximum atomic E-state index is 11.2. The Morgan fingerprint density at radius 1 is 1.19 bits per heavy atom. The molecular formula is C17H15ClN4O4S. The second kappa shape index (κ2) is 7.89. The lowest BCUT2D eigenvalue weighted by molar-refractivity contribution is -0.0479. The molecule has 0 saturated carbocycles. The van der Waals surface area contributed by atoms with Crippen molar-refractivity contribution in [3.05, 3.63) is 65.3 Å².